The van der Waals surface area contributed by atoms with Crippen LogP contribution in [0.5, 0.6) is 5.75 Å². The monoisotopic (exact) mass is 241 g/mol. The fraction of sp³-hybridized carbons (Fsp3) is 0.250. The third kappa shape index (κ3) is 3.04. The van der Waals surface area contributed by atoms with Crippen molar-refractivity contribution in [3.05, 3.63) is 59.7 Å². The van der Waals surface area contributed by atoms with E-state index in [-0.39, 0.29) is 6.10 Å². The van der Waals surface area contributed by atoms with Crippen LogP contribution in [0.1, 0.15) is 31.1 Å². The van der Waals surface area contributed by atoms with Crippen molar-refractivity contribution in [3.8, 4) is 5.75 Å². The first-order valence-corrected chi connectivity index (χ1v) is 6.30. The minimum absolute atomic E-state index is 0.000904. The molecule has 2 rings (SSSR count). The molecule has 2 nitrogen and oxygen atoms in total. The Bertz CT molecular complexity index is 505. The summed E-state index contributed by atoms with van der Waals surface area (Å²) in [4.78, 5) is 0. The first-order chi connectivity index (χ1) is 8.69. The molecule has 1 unspecified atom stereocenters. The van der Waals surface area contributed by atoms with Crippen LogP contribution in [0, 0.1) is 0 Å². The smallest absolute Gasteiger partial charge is 0.121 e. The molecule has 0 heterocycles. The molecule has 2 heteroatoms. The predicted octanol–water partition coefficient (Wildman–Crippen LogP) is 3.97. The molecule has 2 aromatic rings. The average molecular weight is 241 g/mol. The van der Waals surface area contributed by atoms with Crippen molar-refractivity contribution >= 4 is 5.69 Å². The van der Waals surface area contributed by atoms with E-state index in [2.05, 4.69) is 19.1 Å². The Labute approximate surface area is 108 Å². The zero-order chi connectivity index (χ0) is 13.0. The van der Waals surface area contributed by atoms with Gasteiger partial charge in [-0.15, -0.1) is 0 Å². The normalized spacial score (nSPS) is 12.1. The van der Waals surface area contributed by atoms with Crippen LogP contribution in [-0.4, -0.2) is 0 Å². The first-order valence-electron chi connectivity index (χ1n) is 6.30. The zero-order valence-corrected chi connectivity index (χ0v) is 10.9. The van der Waals surface area contributed by atoms with Crippen molar-refractivity contribution in [3.63, 3.8) is 0 Å². The Balaban J connectivity index is 2.08. The highest BCUT2D eigenvalue weighted by Gasteiger charge is 2.07. The van der Waals surface area contributed by atoms with Crippen molar-refractivity contribution in [1.82, 2.24) is 0 Å². The van der Waals surface area contributed by atoms with Crippen molar-refractivity contribution in [1.29, 1.82) is 0 Å². The van der Waals surface area contributed by atoms with Crippen LogP contribution in [0.3, 0.4) is 0 Å². The van der Waals surface area contributed by atoms with Crippen LogP contribution < -0.4 is 10.5 Å². The minimum Gasteiger partial charge on any atom is -0.486 e. The fourth-order valence-electron chi connectivity index (χ4n) is 1.89. The molecule has 0 aromatic heterocycles. The maximum atomic E-state index is 5.90. The number of benzene rings is 2. The summed E-state index contributed by atoms with van der Waals surface area (Å²) in [6.45, 7) is 4.17. The summed E-state index contributed by atoms with van der Waals surface area (Å²) in [5, 5.41) is 0. The van der Waals surface area contributed by atoms with Gasteiger partial charge in [-0.25, -0.2) is 0 Å². The second kappa shape index (κ2) is 5.58. The highest BCUT2D eigenvalue weighted by Crippen LogP contribution is 2.23. The lowest BCUT2D eigenvalue weighted by Gasteiger charge is -2.15. The number of nitrogen functional groups attached to an aromatic ring is 1. The number of hydrogen-bond donors (Lipinski definition) is 1. The van der Waals surface area contributed by atoms with Gasteiger partial charge in [0.1, 0.15) is 11.9 Å². The standard InChI is InChI=1S/C16H19NO/c1-3-13-7-9-16(10-8-13)18-12(2)14-5-4-6-15(17)11-14/h4-12H,3,17H2,1-2H3. The molecular formula is C16H19NO. The Morgan fingerprint density at radius 1 is 1.11 bits per heavy atom. The summed E-state index contributed by atoms with van der Waals surface area (Å²) >= 11 is 0. The number of rotatable bonds is 4. The van der Waals surface area contributed by atoms with Crippen LogP contribution >= 0.6 is 0 Å². The van der Waals surface area contributed by atoms with E-state index in [1.807, 2.05) is 43.3 Å². The molecule has 0 bridgehead atoms. The highest BCUT2D eigenvalue weighted by molar-refractivity contribution is 5.41. The Morgan fingerprint density at radius 3 is 2.44 bits per heavy atom. The molecular weight excluding hydrogens is 222 g/mol. The molecule has 0 radical (unpaired) electrons. The van der Waals surface area contributed by atoms with Gasteiger partial charge in [0, 0.05) is 5.69 Å². The lowest BCUT2D eigenvalue weighted by atomic mass is 10.1. The Hall–Kier alpha value is -1.96. The van der Waals surface area contributed by atoms with Gasteiger partial charge in [-0.2, -0.15) is 0 Å². The van der Waals surface area contributed by atoms with Gasteiger partial charge in [-0.05, 0) is 48.7 Å². The lowest BCUT2D eigenvalue weighted by molar-refractivity contribution is 0.227. The average Bonchev–Trinajstić information content (AvgIpc) is 2.39. The molecule has 1 atom stereocenters. The van der Waals surface area contributed by atoms with Crippen LogP contribution in [0.4, 0.5) is 5.69 Å². The van der Waals surface area contributed by atoms with E-state index in [0.29, 0.717) is 0 Å². The van der Waals surface area contributed by atoms with Gasteiger partial charge < -0.3 is 10.5 Å². The summed E-state index contributed by atoms with van der Waals surface area (Å²) in [5.41, 5.74) is 8.95. The molecule has 2 aromatic carbocycles. The SMILES string of the molecule is CCc1ccc(OC(C)c2cccc(N)c2)cc1. The molecule has 0 aliphatic rings. The summed E-state index contributed by atoms with van der Waals surface area (Å²) in [5.74, 6) is 0.891. The Kier molecular flexibility index (Phi) is 3.88. The van der Waals surface area contributed by atoms with E-state index in [1.54, 1.807) is 0 Å². The molecule has 0 spiro atoms. The van der Waals surface area contributed by atoms with Crippen molar-refractivity contribution in [2.75, 3.05) is 5.73 Å². The lowest BCUT2D eigenvalue weighted by Crippen LogP contribution is -2.03. The summed E-state index contributed by atoms with van der Waals surface area (Å²) in [7, 11) is 0. The van der Waals surface area contributed by atoms with Gasteiger partial charge >= 0.3 is 0 Å². The molecule has 0 aliphatic carbocycles. The quantitative estimate of drug-likeness (QED) is 0.822. The van der Waals surface area contributed by atoms with Crippen LogP contribution in [-0.2, 0) is 6.42 Å². The largest absolute Gasteiger partial charge is 0.486 e. The number of hydrogen-bond acceptors (Lipinski definition) is 2. The molecule has 0 fully saturated rings. The number of anilines is 1. The molecule has 0 aliphatic heterocycles. The van der Waals surface area contributed by atoms with E-state index in [4.69, 9.17) is 10.5 Å². The van der Waals surface area contributed by atoms with E-state index >= 15 is 0 Å². The topological polar surface area (TPSA) is 35.2 Å². The van der Waals surface area contributed by atoms with Gasteiger partial charge in [0.15, 0.2) is 0 Å². The summed E-state index contributed by atoms with van der Waals surface area (Å²) in [6, 6.07) is 16.0. The number of aryl methyl sites for hydroxylation is 1. The predicted molar refractivity (Wildman–Crippen MR) is 75.7 cm³/mol. The first kappa shape index (κ1) is 12.5. The van der Waals surface area contributed by atoms with E-state index < -0.39 is 0 Å². The minimum atomic E-state index is 0.000904. The van der Waals surface area contributed by atoms with E-state index in [1.165, 1.54) is 5.56 Å². The second-order valence-electron chi connectivity index (χ2n) is 4.43. The summed E-state index contributed by atoms with van der Waals surface area (Å²) in [6.07, 6.45) is 1.05. The van der Waals surface area contributed by atoms with Crippen LogP contribution in [0.15, 0.2) is 48.5 Å². The van der Waals surface area contributed by atoms with Crippen molar-refractivity contribution in [2.24, 2.45) is 0 Å². The van der Waals surface area contributed by atoms with Gasteiger partial charge in [0.2, 0.25) is 0 Å². The van der Waals surface area contributed by atoms with Crippen molar-refractivity contribution in [2.45, 2.75) is 26.4 Å². The molecule has 0 saturated carbocycles. The molecule has 94 valence electrons. The number of ether oxygens (including phenoxy) is 1. The summed E-state index contributed by atoms with van der Waals surface area (Å²) < 4.78 is 5.90. The third-order valence-corrected chi connectivity index (χ3v) is 3.02. The van der Waals surface area contributed by atoms with Crippen LogP contribution in [0.2, 0.25) is 0 Å². The molecule has 18 heavy (non-hydrogen) atoms. The fourth-order valence-corrected chi connectivity index (χ4v) is 1.89. The molecule has 0 amide bonds. The zero-order valence-electron chi connectivity index (χ0n) is 10.9. The van der Waals surface area contributed by atoms with E-state index in [0.717, 1.165) is 23.4 Å². The Morgan fingerprint density at radius 2 is 1.83 bits per heavy atom. The highest BCUT2D eigenvalue weighted by atomic mass is 16.5. The maximum absolute atomic E-state index is 5.90. The van der Waals surface area contributed by atoms with Crippen molar-refractivity contribution < 1.29 is 4.74 Å². The molecule has 0 saturated heterocycles. The van der Waals surface area contributed by atoms with Gasteiger partial charge in [0.25, 0.3) is 0 Å². The third-order valence-electron chi connectivity index (χ3n) is 3.02. The second-order valence-corrected chi connectivity index (χ2v) is 4.43. The van der Waals surface area contributed by atoms with E-state index in [9.17, 15) is 0 Å². The van der Waals surface area contributed by atoms with Gasteiger partial charge in [-0.3, -0.25) is 0 Å². The van der Waals surface area contributed by atoms with Gasteiger partial charge in [-0.1, -0.05) is 31.2 Å². The maximum Gasteiger partial charge on any atom is 0.121 e. The number of nitrogens with two attached hydrogens (primary N) is 1. The van der Waals surface area contributed by atoms with Crippen LogP contribution in [0.25, 0.3) is 0 Å². The van der Waals surface area contributed by atoms with Gasteiger partial charge in [0.05, 0.1) is 0 Å². The molecule has 2 N–H and O–H groups in total.